The lowest BCUT2D eigenvalue weighted by atomic mass is 10.0. The van der Waals surface area contributed by atoms with Gasteiger partial charge < -0.3 is 14.8 Å². The second-order valence-electron chi connectivity index (χ2n) is 7.00. The molecule has 2 aromatic rings. The smallest absolute Gasteiger partial charge is 0.329 e. The summed E-state index contributed by atoms with van der Waals surface area (Å²) in [6.45, 7) is 4.09. The minimum Gasteiger partial charge on any atom is -0.489 e. The minimum absolute atomic E-state index is 0.327. The highest BCUT2D eigenvalue weighted by Gasteiger charge is 2.40. The zero-order chi connectivity index (χ0) is 19.3. The zero-order valence-electron chi connectivity index (χ0n) is 15.3. The van der Waals surface area contributed by atoms with Crippen LogP contribution in [0.3, 0.4) is 0 Å². The minimum atomic E-state index is -0.597. The van der Waals surface area contributed by atoms with Crippen molar-refractivity contribution in [2.45, 2.75) is 38.5 Å². The van der Waals surface area contributed by atoms with E-state index in [9.17, 15) is 9.59 Å². The maximum absolute atomic E-state index is 12.0. The second-order valence-corrected chi connectivity index (χ2v) is 7.00. The van der Waals surface area contributed by atoms with E-state index in [0.29, 0.717) is 13.0 Å². The molecule has 0 saturated carbocycles. The molecule has 140 valence electrons. The zero-order valence-corrected chi connectivity index (χ0v) is 15.3. The third kappa shape index (κ3) is 5.41. The van der Waals surface area contributed by atoms with Crippen molar-refractivity contribution in [3.63, 3.8) is 0 Å². The average molecular weight is 366 g/mol. The van der Waals surface area contributed by atoms with Gasteiger partial charge in [-0.1, -0.05) is 18.2 Å². The standard InChI is InChI=1S/C21H22N2O4/c1-21(2)12-18(20(25)27-21)23-19(24)10-7-15-5-8-17(9-6-15)26-14-16-4-3-11-22-13-16/h3-11,13,18H,12,14H2,1-2H3,(H,23,24)/b10-7+. The summed E-state index contributed by atoms with van der Waals surface area (Å²) in [6.07, 6.45) is 7.04. The van der Waals surface area contributed by atoms with E-state index in [-0.39, 0.29) is 5.91 Å². The van der Waals surface area contributed by atoms with E-state index in [1.54, 1.807) is 18.5 Å². The van der Waals surface area contributed by atoms with Crippen LogP contribution >= 0.6 is 0 Å². The van der Waals surface area contributed by atoms with Crippen LogP contribution in [0.5, 0.6) is 5.75 Å². The summed E-state index contributed by atoms with van der Waals surface area (Å²) < 4.78 is 10.9. The van der Waals surface area contributed by atoms with E-state index >= 15 is 0 Å². The van der Waals surface area contributed by atoms with Crippen molar-refractivity contribution >= 4 is 18.0 Å². The molecule has 0 aliphatic carbocycles. The van der Waals surface area contributed by atoms with Crippen molar-refractivity contribution in [2.24, 2.45) is 0 Å². The van der Waals surface area contributed by atoms with E-state index in [1.165, 1.54) is 6.08 Å². The van der Waals surface area contributed by atoms with Gasteiger partial charge in [0.15, 0.2) is 0 Å². The monoisotopic (exact) mass is 366 g/mol. The Morgan fingerprint density at radius 3 is 2.74 bits per heavy atom. The Kier molecular flexibility index (Phi) is 5.54. The number of carbonyl (C=O) groups excluding carboxylic acids is 2. The number of cyclic esters (lactones) is 1. The van der Waals surface area contributed by atoms with Crippen molar-refractivity contribution in [1.82, 2.24) is 10.3 Å². The van der Waals surface area contributed by atoms with Crippen LogP contribution in [0.15, 0.2) is 54.9 Å². The first-order valence-corrected chi connectivity index (χ1v) is 8.74. The summed E-state index contributed by atoms with van der Waals surface area (Å²) in [5.74, 6) is 0.0137. The fourth-order valence-corrected chi connectivity index (χ4v) is 2.79. The summed E-state index contributed by atoms with van der Waals surface area (Å²) in [6, 6.07) is 10.6. The maximum atomic E-state index is 12.0. The SMILES string of the molecule is CC1(C)CC(NC(=O)/C=C/c2ccc(OCc3cccnc3)cc2)C(=O)O1. The molecule has 1 aliphatic heterocycles. The van der Waals surface area contributed by atoms with E-state index in [0.717, 1.165) is 16.9 Å². The number of carbonyl (C=O) groups is 2. The van der Waals surface area contributed by atoms with Crippen LogP contribution in [-0.4, -0.2) is 28.5 Å². The first-order chi connectivity index (χ1) is 12.9. The fourth-order valence-electron chi connectivity index (χ4n) is 2.79. The van der Waals surface area contributed by atoms with Crippen LogP contribution in [0.2, 0.25) is 0 Å². The summed E-state index contributed by atoms with van der Waals surface area (Å²) in [5.41, 5.74) is 1.31. The topological polar surface area (TPSA) is 77.5 Å². The fraction of sp³-hybridized carbons (Fsp3) is 0.286. The number of amides is 1. The Labute approximate surface area is 158 Å². The van der Waals surface area contributed by atoms with Gasteiger partial charge in [-0.2, -0.15) is 0 Å². The van der Waals surface area contributed by atoms with Crippen LogP contribution in [0.1, 0.15) is 31.4 Å². The molecule has 1 atom stereocenters. The van der Waals surface area contributed by atoms with Crippen molar-refractivity contribution in [1.29, 1.82) is 0 Å². The molecule has 0 radical (unpaired) electrons. The van der Waals surface area contributed by atoms with Gasteiger partial charge >= 0.3 is 5.97 Å². The molecule has 6 heteroatoms. The van der Waals surface area contributed by atoms with Gasteiger partial charge in [0.1, 0.15) is 24.0 Å². The van der Waals surface area contributed by atoms with Gasteiger partial charge in [0, 0.05) is 30.5 Å². The van der Waals surface area contributed by atoms with Crippen LogP contribution in [-0.2, 0) is 20.9 Å². The molecule has 0 spiro atoms. The first-order valence-electron chi connectivity index (χ1n) is 8.74. The molecule has 1 aromatic heterocycles. The molecule has 1 N–H and O–H groups in total. The highest BCUT2D eigenvalue weighted by molar-refractivity contribution is 5.95. The van der Waals surface area contributed by atoms with Crippen LogP contribution < -0.4 is 10.1 Å². The Hall–Kier alpha value is -3.15. The molecule has 3 rings (SSSR count). The Balaban J connectivity index is 1.50. The van der Waals surface area contributed by atoms with Crippen LogP contribution in [0.25, 0.3) is 6.08 Å². The molecule has 1 unspecified atom stereocenters. The van der Waals surface area contributed by atoms with Crippen molar-refractivity contribution in [2.75, 3.05) is 0 Å². The molecule has 1 saturated heterocycles. The number of esters is 1. The molecular weight excluding hydrogens is 344 g/mol. The quantitative estimate of drug-likeness (QED) is 0.628. The lowest BCUT2D eigenvalue weighted by Crippen LogP contribution is -2.37. The Bertz CT molecular complexity index is 829. The molecular formula is C21H22N2O4. The third-order valence-electron chi connectivity index (χ3n) is 4.11. The highest BCUT2D eigenvalue weighted by Crippen LogP contribution is 2.25. The number of pyridine rings is 1. The van der Waals surface area contributed by atoms with Crippen LogP contribution in [0, 0.1) is 0 Å². The molecule has 1 aliphatic rings. The first kappa shape index (κ1) is 18.6. The van der Waals surface area contributed by atoms with Gasteiger partial charge in [-0.3, -0.25) is 9.78 Å². The number of hydrogen-bond acceptors (Lipinski definition) is 5. The number of hydrogen-bond donors (Lipinski definition) is 1. The van der Waals surface area contributed by atoms with Gasteiger partial charge in [-0.25, -0.2) is 4.79 Å². The Morgan fingerprint density at radius 1 is 1.33 bits per heavy atom. The van der Waals surface area contributed by atoms with Gasteiger partial charge in [0.25, 0.3) is 0 Å². The largest absolute Gasteiger partial charge is 0.489 e. The van der Waals surface area contributed by atoms with Crippen molar-refractivity contribution < 1.29 is 19.1 Å². The molecule has 27 heavy (non-hydrogen) atoms. The third-order valence-corrected chi connectivity index (χ3v) is 4.11. The highest BCUT2D eigenvalue weighted by atomic mass is 16.6. The molecule has 1 amide bonds. The van der Waals surface area contributed by atoms with E-state index in [1.807, 2.05) is 50.2 Å². The number of benzene rings is 1. The van der Waals surface area contributed by atoms with Gasteiger partial charge in [-0.05, 0) is 43.7 Å². The summed E-state index contributed by atoms with van der Waals surface area (Å²) in [4.78, 5) is 27.8. The number of nitrogens with one attached hydrogen (secondary N) is 1. The van der Waals surface area contributed by atoms with Crippen molar-refractivity contribution in [3.05, 3.63) is 66.0 Å². The lowest BCUT2D eigenvalue weighted by Gasteiger charge is -2.14. The molecule has 1 fully saturated rings. The van der Waals surface area contributed by atoms with Crippen molar-refractivity contribution in [3.8, 4) is 5.75 Å². The predicted octanol–water partition coefficient (Wildman–Crippen LogP) is 2.88. The van der Waals surface area contributed by atoms with Crippen LogP contribution in [0.4, 0.5) is 0 Å². The average Bonchev–Trinajstić information content (AvgIpc) is 2.91. The number of ether oxygens (including phenoxy) is 2. The maximum Gasteiger partial charge on any atom is 0.329 e. The summed E-state index contributed by atoms with van der Waals surface area (Å²) in [5, 5.41) is 2.67. The lowest BCUT2D eigenvalue weighted by molar-refractivity contribution is -0.148. The van der Waals surface area contributed by atoms with E-state index < -0.39 is 17.6 Å². The van der Waals surface area contributed by atoms with Gasteiger partial charge in [0.05, 0.1) is 0 Å². The van der Waals surface area contributed by atoms with E-state index in [2.05, 4.69) is 10.3 Å². The molecule has 6 nitrogen and oxygen atoms in total. The molecule has 0 bridgehead atoms. The molecule has 1 aromatic carbocycles. The Morgan fingerprint density at radius 2 is 2.11 bits per heavy atom. The van der Waals surface area contributed by atoms with E-state index in [4.69, 9.17) is 9.47 Å². The second kappa shape index (κ2) is 8.03. The normalized spacial score (nSPS) is 18.3. The number of nitrogens with zero attached hydrogens (tertiary/aromatic N) is 1. The molecule has 2 heterocycles. The predicted molar refractivity (Wildman–Crippen MR) is 101 cm³/mol. The van der Waals surface area contributed by atoms with Gasteiger partial charge in [0.2, 0.25) is 5.91 Å². The summed E-state index contributed by atoms with van der Waals surface area (Å²) >= 11 is 0. The number of rotatable bonds is 6. The number of aromatic nitrogens is 1. The summed E-state index contributed by atoms with van der Waals surface area (Å²) in [7, 11) is 0. The van der Waals surface area contributed by atoms with Gasteiger partial charge in [-0.15, -0.1) is 0 Å².